The van der Waals surface area contributed by atoms with Crippen molar-refractivity contribution in [3.05, 3.63) is 157 Å². The Balaban J connectivity index is 1.56. The molecule has 0 aliphatic carbocycles. The summed E-state index contributed by atoms with van der Waals surface area (Å²) in [6.07, 6.45) is 0. The van der Waals surface area contributed by atoms with Crippen molar-refractivity contribution in [2.45, 2.75) is 0 Å². The van der Waals surface area contributed by atoms with Gasteiger partial charge in [-0.05, 0) is 94.2 Å². The monoisotopic (exact) mass is 596 g/mol. The molecule has 0 atom stereocenters. The number of hydrogen-bond donors (Lipinski definition) is 0. The molecule has 10 rings (SSSR count). The van der Waals surface area contributed by atoms with E-state index >= 15 is 0 Å². The molecule has 0 fully saturated rings. The minimum absolute atomic E-state index is 0.389. The SMILES string of the molecule is [2H]c1c(-c2c3c([2H])c([2H])c([2H])c([2H])c3c(-c3c([2H])c([2H])c([2H])c4c3c([2H])c([2H])c3c([2H])c([2H])c([2H])c([2H])c34)c3c([2H])c([2H])c([2H])c([2H])c23)c([2H])c2c(oc3c([2H])c([2H])c4c([2H])c([2H])c([2H])c([2H])c4c32)c1[2H]. The quantitative estimate of drug-likeness (QED) is 0.143. The van der Waals surface area contributed by atoms with Crippen LogP contribution in [-0.2, 0) is 0 Å². The van der Waals surface area contributed by atoms with Crippen LogP contribution in [0.2, 0.25) is 0 Å². The van der Waals surface area contributed by atoms with Crippen molar-refractivity contribution in [2.24, 2.45) is 0 Å². The molecule has 208 valence electrons. The van der Waals surface area contributed by atoms with Crippen LogP contribution in [0.5, 0.6) is 0 Å². The zero-order valence-corrected chi connectivity index (χ0v) is 22.4. The third-order valence-corrected chi connectivity index (χ3v) is 7.70. The first-order valence-corrected chi connectivity index (χ1v) is 13.4. The summed E-state index contributed by atoms with van der Waals surface area (Å²) in [5.74, 6) is 0. The van der Waals surface area contributed by atoms with Crippen molar-refractivity contribution in [3.8, 4) is 22.3 Å². The lowest BCUT2D eigenvalue weighted by atomic mass is 9.84. The lowest BCUT2D eigenvalue weighted by Crippen LogP contribution is -1.92. The van der Waals surface area contributed by atoms with Crippen molar-refractivity contribution < 1.29 is 40.1 Å². The van der Waals surface area contributed by atoms with Crippen LogP contribution in [0.4, 0.5) is 0 Å². The Morgan fingerprint density at radius 3 is 1.64 bits per heavy atom. The maximum atomic E-state index is 9.90. The lowest BCUT2D eigenvalue weighted by molar-refractivity contribution is 0.669. The summed E-state index contributed by atoms with van der Waals surface area (Å²) in [5, 5.41) is -6.94. The first-order chi connectivity index (χ1) is 33.2. The van der Waals surface area contributed by atoms with Crippen LogP contribution in [0.3, 0.4) is 0 Å². The number of furan rings is 1. The van der Waals surface area contributed by atoms with Gasteiger partial charge in [-0.1, -0.05) is 139 Å². The van der Waals surface area contributed by atoms with Gasteiger partial charge in [0.2, 0.25) is 0 Å². The highest BCUT2D eigenvalue weighted by Crippen LogP contribution is 2.47. The average molecular weight is 597 g/mol. The summed E-state index contributed by atoms with van der Waals surface area (Å²) in [6, 6.07) is -22.8. The first-order valence-electron chi connectivity index (χ1n) is 26.4. The predicted octanol–water partition coefficient (Wildman–Crippen LogP) is 12.7. The second-order valence-electron chi connectivity index (χ2n) is 10.0. The molecule has 0 bridgehead atoms. The van der Waals surface area contributed by atoms with Gasteiger partial charge >= 0.3 is 0 Å². The van der Waals surface area contributed by atoms with Gasteiger partial charge in [0, 0.05) is 10.8 Å². The molecule has 1 aromatic heterocycles. The summed E-state index contributed by atoms with van der Waals surface area (Å²) in [7, 11) is 0. The largest absolute Gasteiger partial charge is 0.456 e. The van der Waals surface area contributed by atoms with Crippen molar-refractivity contribution in [1.29, 1.82) is 0 Å². The molecule has 0 unspecified atom stereocenters. The maximum absolute atomic E-state index is 9.90. The van der Waals surface area contributed by atoms with E-state index < -0.39 is 250 Å². The molecule has 9 aromatic carbocycles. The maximum Gasteiger partial charge on any atom is 0.136 e. The highest BCUT2D eigenvalue weighted by atomic mass is 16.3. The zero-order valence-electron chi connectivity index (χ0n) is 48.4. The Labute approximate surface area is 296 Å². The second kappa shape index (κ2) is 9.29. The minimum atomic E-state index is -0.983. The fraction of sp³-hybridized carbons (Fsp3) is 0. The van der Waals surface area contributed by atoms with Gasteiger partial charge in [-0.3, -0.25) is 0 Å². The van der Waals surface area contributed by atoms with Gasteiger partial charge < -0.3 is 4.42 Å². The molecule has 0 N–H and O–H groups in total. The van der Waals surface area contributed by atoms with Gasteiger partial charge in [0.1, 0.15) is 11.2 Å². The fourth-order valence-corrected chi connectivity index (χ4v) is 5.83. The molecule has 0 aliphatic heterocycles. The smallest absolute Gasteiger partial charge is 0.136 e. The Hall–Kier alpha value is -5.92. The standard InChI is InChI=1S/C44H26O/c1-3-12-30-27(10-1)20-23-33-32(30)18-9-19-34(33)43-37-16-7-5-14-35(37)42(36-15-6-8-17-38(36)43)29-22-24-40-39(26-29)44-31-13-4-2-11-28(31)21-25-41(44)45-40/h1-26H/i1D,2D,3D,4D,5D,6D,7D,8D,9D,10D,11D,12D,13D,14D,15D,16D,17D,18D,19D,20D,21D,22D,23D,24D,25D,26D. The van der Waals surface area contributed by atoms with Crippen LogP contribution in [0, 0.1) is 0 Å². The van der Waals surface area contributed by atoms with E-state index in [4.69, 9.17) is 27.7 Å². The molecule has 0 spiro atoms. The molecule has 0 aliphatic rings. The highest BCUT2D eigenvalue weighted by molar-refractivity contribution is 6.26. The van der Waals surface area contributed by atoms with E-state index in [9.17, 15) is 12.3 Å². The van der Waals surface area contributed by atoms with Gasteiger partial charge in [-0.2, -0.15) is 0 Å². The van der Waals surface area contributed by atoms with Gasteiger partial charge in [-0.15, -0.1) is 0 Å². The van der Waals surface area contributed by atoms with Crippen molar-refractivity contribution in [1.82, 2.24) is 0 Å². The summed E-state index contributed by atoms with van der Waals surface area (Å²) in [6.45, 7) is 0. The van der Waals surface area contributed by atoms with Crippen LogP contribution in [0.25, 0.3) is 98.1 Å². The Morgan fingerprint density at radius 2 is 0.911 bits per heavy atom. The van der Waals surface area contributed by atoms with E-state index in [-0.39, 0.29) is 5.39 Å². The van der Waals surface area contributed by atoms with Gasteiger partial charge in [0.05, 0.1) is 35.6 Å². The van der Waals surface area contributed by atoms with Crippen molar-refractivity contribution in [2.75, 3.05) is 0 Å². The van der Waals surface area contributed by atoms with Gasteiger partial charge in [0.15, 0.2) is 0 Å². The summed E-state index contributed by atoms with van der Waals surface area (Å²) < 4.78 is 241. The van der Waals surface area contributed by atoms with E-state index in [1.54, 1.807) is 0 Å². The van der Waals surface area contributed by atoms with Crippen LogP contribution in [0.1, 0.15) is 35.6 Å². The van der Waals surface area contributed by atoms with Crippen LogP contribution in [-0.4, -0.2) is 0 Å². The number of rotatable bonds is 2. The predicted molar refractivity (Wildman–Crippen MR) is 192 cm³/mol. The third-order valence-electron chi connectivity index (χ3n) is 7.70. The average Bonchev–Trinajstić information content (AvgIpc) is 3.75. The number of fused-ring (bicyclic) bond motifs is 10. The third kappa shape index (κ3) is 3.50. The van der Waals surface area contributed by atoms with Gasteiger partial charge in [-0.25, -0.2) is 0 Å². The normalized spacial score (nSPS) is 20.1. The molecule has 45 heavy (non-hydrogen) atoms. The second-order valence-corrected chi connectivity index (χ2v) is 10.0. The van der Waals surface area contributed by atoms with E-state index in [0.29, 0.717) is 0 Å². The summed E-state index contributed by atoms with van der Waals surface area (Å²) in [4.78, 5) is 0. The van der Waals surface area contributed by atoms with E-state index in [1.807, 2.05) is 0 Å². The molecule has 0 saturated carbocycles. The van der Waals surface area contributed by atoms with Crippen LogP contribution < -0.4 is 0 Å². The van der Waals surface area contributed by atoms with E-state index in [0.717, 1.165) is 0 Å². The summed E-state index contributed by atoms with van der Waals surface area (Å²) >= 11 is 0. The molecule has 1 heterocycles. The van der Waals surface area contributed by atoms with Crippen LogP contribution in [0.15, 0.2) is 162 Å². The number of hydrogen-bond acceptors (Lipinski definition) is 1. The van der Waals surface area contributed by atoms with Crippen molar-refractivity contribution in [3.63, 3.8) is 0 Å². The molecule has 0 saturated heterocycles. The molecule has 10 aromatic rings. The fourth-order valence-electron chi connectivity index (χ4n) is 5.83. The minimum Gasteiger partial charge on any atom is -0.456 e. The zero-order chi connectivity index (χ0) is 52.1. The molecule has 0 amide bonds. The first kappa shape index (κ1) is 10.3. The summed E-state index contributed by atoms with van der Waals surface area (Å²) in [5.41, 5.74) is -4.01. The van der Waals surface area contributed by atoms with Gasteiger partial charge in [0.25, 0.3) is 0 Å². The highest BCUT2D eigenvalue weighted by Gasteiger charge is 2.19. The van der Waals surface area contributed by atoms with E-state index in [2.05, 4.69) is 0 Å². The molecule has 1 nitrogen and oxygen atoms in total. The Bertz CT molecular complexity index is 4210. The Kier molecular flexibility index (Phi) is 2.13. The molecular formula is C44H26O. The topological polar surface area (TPSA) is 13.1 Å². The van der Waals surface area contributed by atoms with Crippen molar-refractivity contribution >= 4 is 75.8 Å². The van der Waals surface area contributed by atoms with E-state index in [1.165, 1.54) is 0 Å². The lowest BCUT2D eigenvalue weighted by Gasteiger charge is -2.19. The van der Waals surface area contributed by atoms with Crippen LogP contribution >= 0.6 is 0 Å². The molecule has 1 heteroatoms. The molecule has 0 radical (unpaired) electrons. The molecular weight excluding hydrogens is 544 g/mol. The number of benzene rings is 9. The Morgan fingerprint density at radius 1 is 0.356 bits per heavy atom.